The van der Waals surface area contributed by atoms with Crippen LogP contribution >= 0.6 is 0 Å². The van der Waals surface area contributed by atoms with E-state index in [1.54, 1.807) is 43.3 Å². The smallest absolute Gasteiger partial charge is 0.253 e. The van der Waals surface area contributed by atoms with E-state index in [1.807, 2.05) is 38.1 Å². The van der Waals surface area contributed by atoms with E-state index >= 15 is 0 Å². The van der Waals surface area contributed by atoms with Crippen molar-refractivity contribution in [1.82, 2.24) is 10.2 Å². The first kappa shape index (κ1) is 20.5. The van der Waals surface area contributed by atoms with Crippen molar-refractivity contribution in [2.45, 2.75) is 19.9 Å². The number of methoxy groups -OCH3 is 1. The zero-order valence-corrected chi connectivity index (χ0v) is 16.3. The number of rotatable bonds is 8. The fourth-order valence-corrected chi connectivity index (χ4v) is 2.87. The third-order valence-corrected chi connectivity index (χ3v) is 4.43. The number of amides is 2. The van der Waals surface area contributed by atoms with Gasteiger partial charge in [-0.3, -0.25) is 9.59 Å². The first-order valence-corrected chi connectivity index (χ1v) is 9.05. The second-order valence-corrected chi connectivity index (χ2v) is 6.04. The molecule has 6 nitrogen and oxygen atoms in total. The van der Waals surface area contributed by atoms with Gasteiger partial charge in [-0.25, -0.2) is 0 Å². The van der Waals surface area contributed by atoms with Crippen molar-refractivity contribution in [3.8, 4) is 5.75 Å². The van der Waals surface area contributed by atoms with E-state index < -0.39 is 6.04 Å². The molecule has 0 aliphatic heterocycles. The summed E-state index contributed by atoms with van der Waals surface area (Å²) in [5.41, 5.74) is 2.05. The van der Waals surface area contributed by atoms with E-state index in [1.165, 1.54) is 0 Å². The maximum absolute atomic E-state index is 12.7. The van der Waals surface area contributed by atoms with Gasteiger partial charge in [0.25, 0.3) is 5.91 Å². The molecule has 2 aromatic rings. The number of anilines is 1. The van der Waals surface area contributed by atoms with Crippen molar-refractivity contribution in [1.29, 1.82) is 0 Å². The number of nitrogens with zero attached hydrogens (tertiary/aromatic N) is 1. The van der Waals surface area contributed by atoms with Crippen LogP contribution in [0.1, 0.15) is 35.8 Å². The molecule has 144 valence electrons. The highest BCUT2D eigenvalue weighted by Gasteiger charge is 2.19. The van der Waals surface area contributed by atoms with E-state index in [2.05, 4.69) is 10.6 Å². The molecule has 2 amide bonds. The molecule has 0 spiro atoms. The quantitative estimate of drug-likeness (QED) is 0.750. The Labute approximate surface area is 160 Å². The summed E-state index contributed by atoms with van der Waals surface area (Å²) in [5, 5.41) is 5.91. The minimum absolute atomic E-state index is 0.0117. The van der Waals surface area contributed by atoms with Crippen LogP contribution in [0.2, 0.25) is 0 Å². The fourth-order valence-electron chi connectivity index (χ4n) is 2.87. The Kier molecular flexibility index (Phi) is 7.37. The van der Waals surface area contributed by atoms with Crippen molar-refractivity contribution in [3.05, 3.63) is 59.7 Å². The minimum Gasteiger partial charge on any atom is -0.497 e. The highest BCUT2D eigenvalue weighted by atomic mass is 16.5. The van der Waals surface area contributed by atoms with Gasteiger partial charge in [-0.2, -0.15) is 0 Å². The van der Waals surface area contributed by atoms with Crippen molar-refractivity contribution >= 4 is 17.5 Å². The average Bonchev–Trinajstić information content (AvgIpc) is 2.70. The van der Waals surface area contributed by atoms with Crippen LogP contribution in [0, 0.1) is 0 Å². The van der Waals surface area contributed by atoms with Crippen LogP contribution in [0.25, 0.3) is 0 Å². The molecule has 0 heterocycles. The Morgan fingerprint density at radius 3 is 2.30 bits per heavy atom. The van der Waals surface area contributed by atoms with E-state index in [4.69, 9.17) is 4.74 Å². The first-order chi connectivity index (χ1) is 13.0. The van der Waals surface area contributed by atoms with Crippen LogP contribution in [-0.4, -0.2) is 44.0 Å². The Bertz CT molecular complexity index is 770. The van der Waals surface area contributed by atoms with Gasteiger partial charge in [0.15, 0.2) is 0 Å². The Morgan fingerprint density at radius 1 is 1.07 bits per heavy atom. The number of ether oxygens (including phenoxy) is 1. The average molecular weight is 369 g/mol. The molecule has 0 aliphatic rings. The first-order valence-electron chi connectivity index (χ1n) is 9.05. The summed E-state index contributed by atoms with van der Waals surface area (Å²) < 4.78 is 5.23. The number of hydrogen-bond acceptors (Lipinski definition) is 4. The van der Waals surface area contributed by atoms with E-state index in [9.17, 15) is 9.59 Å². The van der Waals surface area contributed by atoms with Crippen molar-refractivity contribution < 1.29 is 14.3 Å². The van der Waals surface area contributed by atoms with E-state index in [0.29, 0.717) is 30.1 Å². The summed E-state index contributed by atoms with van der Waals surface area (Å²) in [6, 6.07) is 13.8. The lowest BCUT2D eigenvalue weighted by Crippen LogP contribution is -2.31. The maximum atomic E-state index is 12.7. The lowest BCUT2D eigenvalue weighted by atomic mass is 10.1. The van der Waals surface area contributed by atoms with Crippen LogP contribution in [0.3, 0.4) is 0 Å². The maximum Gasteiger partial charge on any atom is 0.253 e. The molecular weight excluding hydrogens is 342 g/mol. The van der Waals surface area contributed by atoms with E-state index in [-0.39, 0.29) is 11.8 Å². The standard InChI is InChI=1S/C21H27N3O3/c1-5-24(6-2)21(26)15-10-12-17(13-11-15)23-20(25)19(22-3)16-8-7-9-18(14-16)27-4/h7-14,19,22H,5-6H2,1-4H3,(H,23,25). The van der Waals surface area contributed by atoms with Crippen LogP contribution in [-0.2, 0) is 4.79 Å². The molecule has 27 heavy (non-hydrogen) atoms. The number of nitrogens with one attached hydrogen (secondary N) is 2. The summed E-state index contributed by atoms with van der Waals surface area (Å²) in [6.45, 7) is 5.23. The topological polar surface area (TPSA) is 70.7 Å². The molecular formula is C21H27N3O3. The lowest BCUT2D eigenvalue weighted by molar-refractivity contribution is -0.118. The third-order valence-electron chi connectivity index (χ3n) is 4.43. The second kappa shape index (κ2) is 9.73. The molecule has 0 fully saturated rings. The van der Waals surface area contributed by atoms with Gasteiger partial charge in [0.05, 0.1) is 7.11 Å². The summed E-state index contributed by atoms with van der Waals surface area (Å²) >= 11 is 0. The SMILES string of the molecule is CCN(CC)C(=O)c1ccc(NC(=O)C(NC)c2cccc(OC)c2)cc1. The summed E-state index contributed by atoms with van der Waals surface area (Å²) in [5.74, 6) is 0.496. The second-order valence-electron chi connectivity index (χ2n) is 6.04. The number of carbonyl (C=O) groups excluding carboxylic acids is 2. The van der Waals surface area contributed by atoms with Gasteiger partial charge in [-0.05, 0) is 62.9 Å². The van der Waals surface area contributed by atoms with Gasteiger partial charge in [-0.15, -0.1) is 0 Å². The van der Waals surface area contributed by atoms with Gasteiger partial charge < -0.3 is 20.3 Å². The molecule has 2 rings (SSSR count). The van der Waals surface area contributed by atoms with Crippen LogP contribution in [0.15, 0.2) is 48.5 Å². The normalized spacial score (nSPS) is 11.6. The highest BCUT2D eigenvalue weighted by molar-refractivity contribution is 5.97. The number of carbonyl (C=O) groups is 2. The highest BCUT2D eigenvalue weighted by Crippen LogP contribution is 2.21. The Balaban J connectivity index is 2.11. The largest absolute Gasteiger partial charge is 0.497 e. The van der Waals surface area contributed by atoms with E-state index in [0.717, 1.165) is 5.56 Å². The predicted octanol–water partition coefficient (Wildman–Crippen LogP) is 3.08. The summed E-state index contributed by atoms with van der Waals surface area (Å²) in [7, 11) is 3.32. The molecule has 6 heteroatoms. The van der Waals surface area contributed by atoms with Crippen LogP contribution < -0.4 is 15.4 Å². The molecule has 0 aromatic heterocycles. The number of hydrogen-bond donors (Lipinski definition) is 2. The van der Waals surface area contributed by atoms with Gasteiger partial charge in [0, 0.05) is 24.3 Å². The molecule has 0 saturated carbocycles. The van der Waals surface area contributed by atoms with Gasteiger partial charge in [0.2, 0.25) is 5.91 Å². The van der Waals surface area contributed by atoms with Gasteiger partial charge >= 0.3 is 0 Å². The fraction of sp³-hybridized carbons (Fsp3) is 0.333. The number of benzene rings is 2. The zero-order valence-electron chi connectivity index (χ0n) is 16.3. The molecule has 0 radical (unpaired) electrons. The molecule has 1 unspecified atom stereocenters. The number of likely N-dealkylation sites (N-methyl/N-ethyl adjacent to an activating group) is 1. The van der Waals surface area contributed by atoms with Gasteiger partial charge in [0.1, 0.15) is 11.8 Å². The van der Waals surface area contributed by atoms with Crippen LogP contribution in [0.5, 0.6) is 5.75 Å². The lowest BCUT2D eigenvalue weighted by Gasteiger charge is -2.19. The molecule has 2 aromatic carbocycles. The van der Waals surface area contributed by atoms with Crippen molar-refractivity contribution in [2.24, 2.45) is 0 Å². The molecule has 1 atom stereocenters. The summed E-state index contributed by atoms with van der Waals surface area (Å²) in [6.07, 6.45) is 0. The molecule has 0 bridgehead atoms. The van der Waals surface area contributed by atoms with Crippen molar-refractivity contribution in [2.75, 3.05) is 32.6 Å². The Morgan fingerprint density at radius 2 is 1.74 bits per heavy atom. The summed E-state index contributed by atoms with van der Waals surface area (Å²) in [4.78, 5) is 26.8. The molecule has 0 aliphatic carbocycles. The minimum atomic E-state index is -0.517. The monoisotopic (exact) mass is 369 g/mol. The van der Waals surface area contributed by atoms with Gasteiger partial charge in [-0.1, -0.05) is 12.1 Å². The third kappa shape index (κ3) is 5.08. The van der Waals surface area contributed by atoms with Crippen LogP contribution in [0.4, 0.5) is 5.69 Å². The van der Waals surface area contributed by atoms with Crippen molar-refractivity contribution in [3.63, 3.8) is 0 Å². The zero-order chi connectivity index (χ0) is 19.8. The molecule has 0 saturated heterocycles. The predicted molar refractivity (Wildman–Crippen MR) is 107 cm³/mol. The molecule has 2 N–H and O–H groups in total. The Hall–Kier alpha value is -2.86.